The molecule has 11 heavy (non-hydrogen) atoms. The molecule has 1 aliphatic rings. The van der Waals surface area contributed by atoms with E-state index >= 15 is 0 Å². The van der Waals surface area contributed by atoms with Gasteiger partial charge in [0.1, 0.15) is 0 Å². The number of likely N-dealkylation sites (tertiary alicyclic amines) is 1. The number of aliphatic carboxylic acids is 1. The molecule has 4 heteroatoms. The fourth-order valence-electron chi connectivity index (χ4n) is 1.30. The molecule has 0 aromatic rings. The molecular formula is C7H12FNO2. The van der Waals surface area contributed by atoms with Crippen LogP contribution >= 0.6 is 0 Å². The summed E-state index contributed by atoms with van der Waals surface area (Å²) in [7, 11) is 0. The number of carboxylic acid groups (broad SMARTS) is 1. The van der Waals surface area contributed by atoms with Gasteiger partial charge in [0.05, 0.1) is 6.54 Å². The largest absolute Gasteiger partial charge is 0.480 e. The Kier molecular flexibility index (Phi) is 2.82. The van der Waals surface area contributed by atoms with Crippen LogP contribution in [0.4, 0.5) is 4.39 Å². The average molecular weight is 161 g/mol. The van der Waals surface area contributed by atoms with Crippen LogP contribution in [0.25, 0.3) is 0 Å². The lowest BCUT2D eigenvalue weighted by atomic mass is 10.1. The maximum Gasteiger partial charge on any atom is 0.317 e. The van der Waals surface area contributed by atoms with Crippen LogP contribution in [-0.2, 0) is 4.79 Å². The number of hydrogen-bond acceptors (Lipinski definition) is 2. The van der Waals surface area contributed by atoms with Crippen molar-refractivity contribution in [3.8, 4) is 0 Å². The molecule has 1 N–H and O–H groups in total. The summed E-state index contributed by atoms with van der Waals surface area (Å²) in [4.78, 5) is 11.6. The molecule has 0 saturated carbocycles. The van der Waals surface area contributed by atoms with Crippen molar-refractivity contribution >= 4 is 5.97 Å². The lowest BCUT2D eigenvalue weighted by Gasteiger charge is -2.28. The van der Waals surface area contributed by atoms with Gasteiger partial charge in [-0.2, -0.15) is 0 Å². The number of piperidine rings is 1. The second kappa shape index (κ2) is 3.67. The molecule has 64 valence electrons. The third-order valence-corrected chi connectivity index (χ3v) is 1.87. The van der Waals surface area contributed by atoms with Crippen LogP contribution < -0.4 is 0 Å². The third kappa shape index (κ3) is 2.46. The van der Waals surface area contributed by atoms with Gasteiger partial charge in [0, 0.05) is 6.54 Å². The van der Waals surface area contributed by atoms with Crippen molar-refractivity contribution in [1.29, 1.82) is 0 Å². The monoisotopic (exact) mass is 161 g/mol. The van der Waals surface area contributed by atoms with Crippen molar-refractivity contribution in [2.45, 2.75) is 25.6 Å². The predicted molar refractivity (Wildman–Crippen MR) is 38.0 cm³/mol. The van der Waals surface area contributed by atoms with Gasteiger partial charge < -0.3 is 5.11 Å². The molecule has 0 aliphatic carbocycles. The van der Waals surface area contributed by atoms with E-state index in [1.165, 1.54) is 4.90 Å². The molecule has 1 rings (SSSR count). The smallest absolute Gasteiger partial charge is 0.317 e. The molecule has 0 aromatic carbocycles. The number of carbonyl (C=O) groups is 1. The van der Waals surface area contributed by atoms with E-state index in [0.717, 1.165) is 12.8 Å². The van der Waals surface area contributed by atoms with Gasteiger partial charge in [-0.25, -0.2) is 4.39 Å². The fourth-order valence-corrected chi connectivity index (χ4v) is 1.30. The first-order valence-corrected chi connectivity index (χ1v) is 3.80. The molecule has 0 amide bonds. The number of hydrogen-bond donors (Lipinski definition) is 1. The van der Waals surface area contributed by atoms with Crippen molar-refractivity contribution < 1.29 is 14.3 Å². The van der Waals surface area contributed by atoms with Gasteiger partial charge in [0.25, 0.3) is 0 Å². The van der Waals surface area contributed by atoms with Crippen LogP contribution in [0.2, 0.25) is 0 Å². The Bertz CT molecular complexity index is 151. The topological polar surface area (TPSA) is 40.5 Å². The van der Waals surface area contributed by atoms with E-state index < -0.39 is 12.3 Å². The first-order chi connectivity index (χ1) is 5.20. The lowest BCUT2D eigenvalue weighted by molar-refractivity contribution is -0.140. The average Bonchev–Trinajstić information content (AvgIpc) is 1.93. The normalized spacial score (nSPS) is 26.8. The fraction of sp³-hybridized carbons (Fsp3) is 0.857. The van der Waals surface area contributed by atoms with Gasteiger partial charge in [0.2, 0.25) is 0 Å². The molecule has 1 aliphatic heterocycles. The summed E-state index contributed by atoms with van der Waals surface area (Å²) >= 11 is 0. The molecule has 1 atom stereocenters. The van der Waals surface area contributed by atoms with Gasteiger partial charge in [-0.1, -0.05) is 0 Å². The van der Waals surface area contributed by atoms with E-state index in [1.807, 2.05) is 0 Å². The van der Waals surface area contributed by atoms with Crippen LogP contribution in [0, 0.1) is 0 Å². The zero-order chi connectivity index (χ0) is 8.27. The second-order valence-corrected chi connectivity index (χ2v) is 2.79. The van der Waals surface area contributed by atoms with Crippen molar-refractivity contribution in [1.82, 2.24) is 4.90 Å². The Labute approximate surface area is 64.8 Å². The Morgan fingerprint density at radius 1 is 1.64 bits per heavy atom. The first kappa shape index (κ1) is 8.46. The molecule has 0 aromatic heterocycles. The molecule has 1 heterocycles. The van der Waals surface area contributed by atoms with Gasteiger partial charge in [-0.05, 0) is 19.3 Å². The van der Waals surface area contributed by atoms with Crippen LogP contribution in [0.5, 0.6) is 0 Å². The molecule has 0 spiro atoms. The Hall–Kier alpha value is -0.640. The number of halogens is 1. The van der Waals surface area contributed by atoms with Gasteiger partial charge in [0.15, 0.2) is 6.30 Å². The van der Waals surface area contributed by atoms with Crippen molar-refractivity contribution in [3.63, 3.8) is 0 Å². The van der Waals surface area contributed by atoms with E-state index in [9.17, 15) is 9.18 Å². The Balaban J connectivity index is 2.35. The first-order valence-electron chi connectivity index (χ1n) is 3.80. The number of alkyl halides is 1. The van der Waals surface area contributed by atoms with Crippen LogP contribution in [-0.4, -0.2) is 35.4 Å². The Morgan fingerprint density at radius 2 is 2.36 bits per heavy atom. The minimum absolute atomic E-state index is 0.166. The maximum atomic E-state index is 12.9. The lowest BCUT2D eigenvalue weighted by Crippen LogP contribution is -2.39. The minimum atomic E-state index is -1.04. The minimum Gasteiger partial charge on any atom is -0.480 e. The summed E-state index contributed by atoms with van der Waals surface area (Å²) in [5.41, 5.74) is 0. The summed E-state index contributed by atoms with van der Waals surface area (Å²) in [5.74, 6) is -0.949. The summed E-state index contributed by atoms with van der Waals surface area (Å²) in [6.07, 6.45) is 1.22. The molecule has 0 bridgehead atoms. The van der Waals surface area contributed by atoms with Gasteiger partial charge in [-0.3, -0.25) is 9.69 Å². The Morgan fingerprint density at radius 3 is 2.91 bits per heavy atom. The van der Waals surface area contributed by atoms with Gasteiger partial charge >= 0.3 is 5.97 Å². The summed E-state index contributed by atoms with van der Waals surface area (Å²) in [6, 6.07) is 0. The van der Waals surface area contributed by atoms with E-state index in [4.69, 9.17) is 5.11 Å². The van der Waals surface area contributed by atoms with Crippen molar-refractivity contribution in [3.05, 3.63) is 0 Å². The molecule has 3 nitrogen and oxygen atoms in total. The number of rotatable bonds is 2. The van der Waals surface area contributed by atoms with Gasteiger partial charge in [-0.15, -0.1) is 0 Å². The SMILES string of the molecule is O=C(O)CN1CCCCC1F. The highest BCUT2D eigenvalue weighted by molar-refractivity contribution is 5.69. The number of nitrogens with zero attached hydrogens (tertiary/aromatic N) is 1. The molecule has 1 fully saturated rings. The highest BCUT2D eigenvalue weighted by Crippen LogP contribution is 2.16. The predicted octanol–water partition coefficient (Wildman–Crippen LogP) is 0.852. The maximum absolute atomic E-state index is 12.9. The van der Waals surface area contributed by atoms with Crippen molar-refractivity contribution in [2.75, 3.05) is 13.1 Å². The third-order valence-electron chi connectivity index (χ3n) is 1.87. The summed E-state index contributed by atoms with van der Waals surface area (Å²) in [5, 5.41) is 8.38. The van der Waals surface area contributed by atoms with E-state index in [1.54, 1.807) is 0 Å². The molecular weight excluding hydrogens is 149 g/mol. The summed E-state index contributed by atoms with van der Waals surface area (Å²) < 4.78 is 12.9. The highest BCUT2D eigenvalue weighted by atomic mass is 19.1. The summed E-state index contributed by atoms with van der Waals surface area (Å²) in [6.45, 7) is 0.411. The highest BCUT2D eigenvalue weighted by Gasteiger charge is 2.22. The van der Waals surface area contributed by atoms with E-state index in [-0.39, 0.29) is 6.54 Å². The standard InChI is InChI=1S/C7H12FNO2/c8-6-3-1-2-4-9(6)5-7(10)11/h6H,1-5H2,(H,10,11). The van der Waals surface area contributed by atoms with E-state index in [0.29, 0.717) is 13.0 Å². The zero-order valence-corrected chi connectivity index (χ0v) is 6.29. The molecule has 1 unspecified atom stereocenters. The number of carboxylic acids is 1. The quantitative estimate of drug-likeness (QED) is 0.610. The van der Waals surface area contributed by atoms with Crippen LogP contribution in [0.3, 0.4) is 0 Å². The molecule has 0 radical (unpaired) electrons. The second-order valence-electron chi connectivity index (χ2n) is 2.79. The zero-order valence-electron chi connectivity index (χ0n) is 6.29. The van der Waals surface area contributed by atoms with Crippen LogP contribution in [0.1, 0.15) is 19.3 Å². The van der Waals surface area contributed by atoms with E-state index in [2.05, 4.69) is 0 Å². The van der Waals surface area contributed by atoms with Crippen molar-refractivity contribution in [2.24, 2.45) is 0 Å². The van der Waals surface area contributed by atoms with Crippen LogP contribution in [0.15, 0.2) is 0 Å². The molecule has 1 saturated heterocycles.